The van der Waals surface area contributed by atoms with Crippen LogP contribution in [0.5, 0.6) is 5.75 Å². The van der Waals surface area contributed by atoms with Crippen LogP contribution in [0.1, 0.15) is 20.7 Å². The monoisotopic (exact) mass is 240 g/mol. The first-order chi connectivity index (χ1) is 8.06. The number of phenolic OH excluding ortho intramolecular Hbond substituents is 1. The summed E-state index contributed by atoms with van der Waals surface area (Å²) in [6.07, 6.45) is 0. The highest BCUT2D eigenvalue weighted by Gasteiger charge is 2.18. The van der Waals surface area contributed by atoms with Gasteiger partial charge in [0.1, 0.15) is 12.4 Å². The summed E-state index contributed by atoms with van der Waals surface area (Å²) in [5.41, 5.74) is -0.404. The van der Waals surface area contributed by atoms with Crippen molar-refractivity contribution in [3.8, 4) is 5.75 Å². The SMILES string of the molecule is COCCOC(=O)c1cc(O)ccc1C(=O)O. The van der Waals surface area contributed by atoms with Gasteiger partial charge in [0.05, 0.1) is 17.7 Å². The van der Waals surface area contributed by atoms with Crippen molar-refractivity contribution in [2.24, 2.45) is 0 Å². The number of methoxy groups -OCH3 is 1. The molecule has 0 radical (unpaired) electrons. The Morgan fingerprint density at radius 1 is 1.24 bits per heavy atom. The van der Waals surface area contributed by atoms with Crippen molar-refractivity contribution >= 4 is 11.9 Å². The number of aromatic carboxylic acids is 1. The lowest BCUT2D eigenvalue weighted by atomic mass is 10.1. The number of phenols is 1. The molecule has 0 atom stereocenters. The van der Waals surface area contributed by atoms with Gasteiger partial charge in [0.25, 0.3) is 0 Å². The fourth-order valence-corrected chi connectivity index (χ4v) is 1.18. The predicted molar refractivity (Wildman–Crippen MR) is 57.2 cm³/mol. The second kappa shape index (κ2) is 5.86. The van der Waals surface area contributed by atoms with Gasteiger partial charge in [0.2, 0.25) is 0 Å². The van der Waals surface area contributed by atoms with Gasteiger partial charge in [-0.15, -0.1) is 0 Å². The molecule has 0 bridgehead atoms. The first kappa shape index (κ1) is 13.0. The van der Waals surface area contributed by atoms with E-state index in [-0.39, 0.29) is 30.1 Å². The topological polar surface area (TPSA) is 93.1 Å². The lowest BCUT2D eigenvalue weighted by molar-refractivity contribution is 0.0381. The Balaban J connectivity index is 2.90. The third-order valence-corrected chi connectivity index (χ3v) is 1.97. The number of benzene rings is 1. The highest BCUT2D eigenvalue weighted by molar-refractivity contribution is 6.02. The molecule has 2 N–H and O–H groups in total. The van der Waals surface area contributed by atoms with Crippen LogP contribution in [-0.2, 0) is 9.47 Å². The molecule has 0 saturated heterocycles. The minimum Gasteiger partial charge on any atom is -0.508 e. The Labute approximate surface area is 97.4 Å². The molecule has 92 valence electrons. The maximum atomic E-state index is 11.5. The van der Waals surface area contributed by atoms with Crippen LogP contribution < -0.4 is 0 Å². The number of carbonyl (C=O) groups excluding carboxylic acids is 1. The first-order valence-electron chi connectivity index (χ1n) is 4.78. The molecule has 0 aliphatic heterocycles. The number of rotatable bonds is 5. The van der Waals surface area contributed by atoms with Gasteiger partial charge in [0.15, 0.2) is 0 Å². The highest BCUT2D eigenvalue weighted by atomic mass is 16.6. The van der Waals surface area contributed by atoms with Crippen molar-refractivity contribution in [3.05, 3.63) is 29.3 Å². The van der Waals surface area contributed by atoms with E-state index in [1.54, 1.807) is 0 Å². The van der Waals surface area contributed by atoms with Crippen LogP contribution in [0.2, 0.25) is 0 Å². The van der Waals surface area contributed by atoms with Crippen molar-refractivity contribution in [3.63, 3.8) is 0 Å². The summed E-state index contributed by atoms with van der Waals surface area (Å²) in [7, 11) is 1.45. The molecular weight excluding hydrogens is 228 g/mol. The van der Waals surface area contributed by atoms with Crippen LogP contribution in [0, 0.1) is 0 Å². The quantitative estimate of drug-likeness (QED) is 0.586. The van der Waals surface area contributed by atoms with Gasteiger partial charge < -0.3 is 19.7 Å². The molecule has 0 fully saturated rings. The van der Waals surface area contributed by atoms with E-state index in [4.69, 9.17) is 9.84 Å². The summed E-state index contributed by atoms with van der Waals surface area (Å²) >= 11 is 0. The van der Waals surface area contributed by atoms with E-state index in [1.165, 1.54) is 13.2 Å². The lowest BCUT2D eigenvalue weighted by Gasteiger charge is -2.07. The molecule has 0 aliphatic carbocycles. The molecule has 0 heterocycles. The third-order valence-electron chi connectivity index (χ3n) is 1.97. The van der Waals surface area contributed by atoms with Crippen LogP contribution >= 0.6 is 0 Å². The Bertz CT molecular complexity index is 426. The number of hydrogen-bond donors (Lipinski definition) is 2. The Kier molecular flexibility index (Phi) is 4.47. The molecule has 1 aromatic carbocycles. The highest BCUT2D eigenvalue weighted by Crippen LogP contribution is 2.17. The maximum absolute atomic E-state index is 11.5. The molecule has 17 heavy (non-hydrogen) atoms. The fraction of sp³-hybridized carbons (Fsp3) is 0.273. The first-order valence-corrected chi connectivity index (χ1v) is 4.78. The molecule has 1 rings (SSSR count). The molecule has 0 amide bonds. The molecular formula is C11H12O6. The smallest absolute Gasteiger partial charge is 0.339 e. The van der Waals surface area contributed by atoms with Crippen molar-refractivity contribution in [1.29, 1.82) is 0 Å². The summed E-state index contributed by atoms with van der Waals surface area (Å²) < 4.78 is 9.46. The standard InChI is InChI=1S/C11H12O6/c1-16-4-5-17-11(15)9-6-7(12)2-3-8(9)10(13)14/h2-3,6,12H,4-5H2,1H3,(H,13,14). The van der Waals surface area contributed by atoms with Gasteiger partial charge in [-0.05, 0) is 18.2 Å². The number of aromatic hydroxyl groups is 1. The Morgan fingerprint density at radius 3 is 2.53 bits per heavy atom. The summed E-state index contributed by atoms with van der Waals surface area (Å²) in [6.45, 7) is 0.233. The van der Waals surface area contributed by atoms with Crippen LogP contribution in [0.3, 0.4) is 0 Å². The largest absolute Gasteiger partial charge is 0.508 e. The zero-order valence-electron chi connectivity index (χ0n) is 9.17. The molecule has 6 heteroatoms. The molecule has 1 aromatic rings. The van der Waals surface area contributed by atoms with Crippen LogP contribution in [0.4, 0.5) is 0 Å². The van der Waals surface area contributed by atoms with E-state index in [1.807, 2.05) is 0 Å². The van der Waals surface area contributed by atoms with Crippen molar-refractivity contribution in [1.82, 2.24) is 0 Å². The molecule has 0 aromatic heterocycles. The average Bonchev–Trinajstić information content (AvgIpc) is 2.28. The van der Waals surface area contributed by atoms with Gasteiger partial charge in [-0.3, -0.25) is 0 Å². The van der Waals surface area contributed by atoms with Crippen LogP contribution in [0.25, 0.3) is 0 Å². The average molecular weight is 240 g/mol. The summed E-state index contributed by atoms with van der Waals surface area (Å²) in [4.78, 5) is 22.4. The zero-order valence-corrected chi connectivity index (χ0v) is 9.17. The number of hydrogen-bond acceptors (Lipinski definition) is 5. The predicted octanol–water partition coefficient (Wildman–Crippen LogP) is 0.894. The summed E-state index contributed by atoms with van der Waals surface area (Å²) in [6, 6.07) is 3.39. The van der Waals surface area contributed by atoms with Gasteiger partial charge in [-0.1, -0.05) is 0 Å². The molecule has 0 aliphatic rings. The number of carbonyl (C=O) groups is 2. The zero-order chi connectivity index (χ0) is 12.8. The molecule has 6 nitrogen and oxygen atoms in total. The van der Waals surface area contributed by atoms with Gasteiger partial charge in [-0.2, -0.15) is 0 Å². The third kappa shape index (κ3) is 3.46. The Morgan fingerprint density at radius 2 is 1.94 bits per heavy atom. The molecule has 0 saturated carbocycles. The number of carboxylic acids is 1. The maximum Gasteiger partial charge on any atom is 0.339 e. The van der Waals surface area contributed by atoms with Crippen molar-refractivity contribution in [2.75, 3.05) is 20.3 Å². The lowest BCUT2D eigenvalue weighted by Crippen LogP contribution is -2.14. The minimum atomic E-state index is -1.26. The van der Waals surface area contributed by atoms with E-state index < -0.39 is 11.9 Å². The van der Waals surface area contributed by atoms with E-state index in [2.05, 4.69) is 4.74 Å². The van der Waals surface area contributed by atoms with Gasteiger partial charge in [0, 0.05) is 7.11 Å². The molecule has 0 spiro atoms. The van der Waals surface area contributed by atoms with Crippen molar-refractivity contribution < 1.29 is 29.3 Å². The van der Waals surface area contributed by atoms with E-state index in [9.17, 15) is 14.7 Å². The van der Waals surface area contributed by atoms with Crippen LogP contribution in [-0.4, -0.2) is 42.5 Å². The number of ether oxygens (including phenoxy) is 2. The van der Waals surface area contributed by atoms with Gasteiger partial charge in [-0.25, -0.2) is 9.59 Å². The van der Waals surface area contributed by atoms with Gasteiger partial charge >= 0.3 is 11.9 Å². The van der Waals surface area contributed by atoms with E-state index in [0.29, 0.717) is 0 Å². The summed E-state index contributed by atoms with van der Waals surface area (Å²) in [5, 5.41) is 18.1. The second-order valence-electron chi connectivity index (χ2n) is 3.16. The number of esters is 1. The Hall–Kier alpha value is -2.08. The fourth-order valence-electron chi connectivity index (χ4n) is 1.18. The minimum absolute atomic E-state index is 0.0179. The summed E-state index contributed by atoms with van der Waals surface area (Å²) in [5.74, 6) is -2.27. The normalized spacial score (nSPS) is 9.94. The second-order valence-corrected chi connectivity index (χ2v) is 3.16. The van der Waals surface area contributed by atoms with Crippen LogP contribution in [0.15, 0.2) is 18.2 Å². The number of carboxylic acid groups (broad SMARTS) is 1. The van der Waals surface area contributed by atoms with E-state index in [0.717, 1.165) is 12.1 Å². The van der Waals surface area contributed by atoms with E-state index >= 15 is 0 Å². The van der Waals surface area contributed by atoms with Crippen molar-refractivity contribution in [2.45, 2.75) is 0 Å². The molecule has 0 unspecified atom stereocenters.